The zero-order valence-electron chi connectivity index (χ0n) is 12.9. The Labute approximate surface area is 153 Å². The number of amides is 1. The van der Waals surface area contributed by atoms with Crippen LogP contribution in [0.1, 0.15) is 28.9 Å². The summed E-state index contributed by atoms with van der Waals surface area (Å²) in [7, 11) is -3.50. The number of halogens is 1. The summed E-state index contributed by atoms with van der Waals surface area (Å²) in [6.07, 6.45) is 2.84. The van der Waals surface area contributed by atoms with Crippen molar-refractivity contribution >= 4 is 48.9 Å². The molecular weight excluding hydrogens is 412 g/mol. The summed E-state index contributed by atoms with van der Waals surface area (Å²) in [6.45, 7) is 1.11. The van der Waals surface area contributed by atoms with Crippen LogP contribution < -0.4 is 5.32 Å². The molecule has 0 unspecified atom stereocenters. The van der Waals surface area contributed by atoms with E-state index in [1.807, 2.05) is 12.1 Å². The van der Waals surface area contributed by atoms with Crippen LogP contribution in [0.3, 0.4) is 0 Å². The number of carbonyl (C=O) groups excluding carboxylic acids is 1. The molecule has 1 amide bonds. The lowest BCUT2D eigenvalue weighted by molar-refractivity contribution is 0.103. The van der Waals surface area contributed by atoms with Gasteiger partial charge in [0, 0.05) is 28.6 Å². The number of nitrogens with one attached hydrogen (secondary N) is 1. The lowest BCUT2D eigenvalue weighted by Gasteiger charge is -2.25. The van der Waals surface area contributed by atoms with E-state index in [9.17, 15) is 13.2 Å². The lowest BCUT2D eigenvalue weighted by atomic mass is 10.2. The van der Waals surface area contributed by atoms with Crippen molar-refractivity contribution in [1.82, 2.24) is 4.31 Å². The molecule has 2 aromatic rings. The third kappa shape index (κ3) is 3.88. The normalized spacial score (nSPS) is 16.0. The molecule has 1 N–H and O–H groups in total. The third-order valence-electron chi connectivity index (χ3n) is 3.85. The van der Waals surface area contributed by atoms with E-state index in [0.717, 1.165) is 35.1 Å². The van der Waals surface area contributed by atoms with Crippen LogP contribution in [0, 0.1) is 0 Å². The molecule has 128 valence electrons. The van der Waals surface area contributed by atoms with Gasteiger partial charge in [0.2, 0.25) is 10.0 Å². The summed E-state index contributed by atoms with van der Waals surface area (Å²) in [5, 5.41) is 4.31. The molecule has 8 heteroatoms. The maximum absolute atomic E-state index is 12.6. The molecule has 1 aromatic carbocycles. The Kier molecular flexibility index (Phi) is 5.39. The van der Waals surface area contributed by atoms with Gasteiger partial charge in [0.25, 0.3) is 5.91 Å². The number of carbonyl (C=O) groups is 1. The smallest absolute Gasteiger partial charge is 0.265 e. The van der Waals surface area contributed by atoms with E-state index in [0.29, 0.717) is 23.7 Å². The molecule has 1 aliphatic rings. The minimum Gasteiger partial charge on any atom is -0.321 e. The predicted octanol–water partition coefficient (Wildman–Crippen LogP) is 3.94. The van der Waals surface area contributed by atoms with E-state index in [1.165, 1.54) is 10.4 Å². The van der Waals surface area contributed by atoms with Crippen LogP contribution in [-0.4, -0.2) is 31.7 Å². The molecular formula is C16H17BrN2O3S2. The fourth-order valence-electron chi connectivity index (χ4n) is 2.55. The maximum atomic E-state index is 12.6. The predicted molar refractivity (Wildman–Crippen MR) is 99.0 cm³/mol. The van der Waals surface area contributed by atoms with E-state index in [4.69, 9.17) is 0 Å². The number of anilines is 1. The topological polar surface area (TPSA) is 66.5 Å². The standard InChI is InChI=1S/C16H17BrN2O3S2/c17-12-4-6-13(7-5-12)18-16(20)15-10-14(11-23-15)24(21,22)19-8-2-1-3-9-19/h4-7,10-11H,1-3,8-9H2,(H,18,20). The zero-order valence-corrected chi connectivity index (χ0v) is 16.1. The van der Waals surface area contributed by atoms with Crippen LogP contribution in [0.2, 0.25) is 0 Å². The number of hydrogen-bond donors (Lipinski definition) is 1. The first kappa shape index (κ1) is 17.6. The molecule has 1 aromatic heterocycles. The third-order valence-corrected chi connectivity index (χ3v) is 7.34. The highest BCUT2D eigenvalue weighted by Gasteiger charge is 2.27. The molecule has 0 saturated carbocycles. The molecule has 24 heavy (non-hydrogen) atoms. The van der Waals surface area contributed by atoms with Gasteiger partial charge in [-0.3, -0.25) is 4.79 Å². The monoisotopic (exact) mass is 428 g/mol. The molecule has 3 rings (SSSR count). The molecule has 0 radical (unpaired) electrons. The Balaban J connectivity index is 1.74. The van der Waals surface area contributed by atoms with Gasteiger partial charge in [-0.25, -0.2) is 8.42 Å². The summed E-state index contributed by atoms with van der Waals surface area (Å²) in [6, 6.07) is 8.68. The number of sulfonamides is 1. The lowest BCUT2D eigenvalue weighted by Crippen LogP contribution is -2.35. The molecule has 5 nitrogen and oxygen atoms in total. The van der Waals surface area contributed by atoms with E-state index >= 15 is 0 Å². The van der Waals surface area contributed by atoms with E-state index in [1.54, 1.807) is 17.5 Å². The number of rotatable bonds is 4. The molecule has 0 aliphatic carbocycles. The minimum absolute atomic E-state index is 0.204. The number of hydrogen-bond acceptors (Lipinski definition) is 4. The fourth-order valence-corrected chi connectivity index (χ4v) is 5.49. The first-order chi connectivity index (χ1) is 11.5. The molecule has 0 atom stereocenters. The number of nitrogens with zero attached hydrogens (tertiary/aromatic N) is 1. The van der Waals surface area contributed by atoms with E-state index < -0.39 is 10.0 Å². The highest BCUT2D eigenvalue weighted by atomic mass is 79.9. The van der Waals surface area contributed by atoms with Crippen LogP contribution in [0.25, 0.3) is 0 Å². The van der Waals surface area contributed by atoms with Gasteiger partial charge in [0.1, 0.15) is 0 Å². The number of piperidine rings is 1. The van der Waals surface area contributed by atoms with Crippen LogP contribution in [0.4, 0.5) is 5.69 Å². The maximum Gasteiger partial charge on any atom is 0.265 e. The summed E-state index contributed by atoms with van der Waals surface area (Å²) < 4.78 is 27.7. The van der Waals surface area contributed by atoms with Crippen LogP contribution in [0.5, 0.6) is 0 Å². The van der Waals surface area contributed by atoms with Gasteiger partial charge in [-0.2, -0.15) is 4.31 Å². The van der Waals surface area contributed by atoms with Crippen molar-refractivity contribution < 1.29 is 13.2 Å². The largest absolute Gasteiger partial charge is 0.321 e. The van der Waals surface area contributed by atoms with Gasteiger partial charge >= 0.3 is 0 Å². The summed E-state index contributed by atoms with van der Waals surface area (Å²) in [4.78, 5) is 12.9. The molecule has 0 bridgehead atoms. The quantitative estimate of drug-likeness (QED) is 0.801. The second-order valence-corrected chi connectivity index (χ2v) is 9.34. The van der Waals surface area contributed by atoms with Crippen LogP contribution in [-0.2, 0) is 10.0 Å². The Bertz CT molecular complexity index is 825. The van der Waals surface area contributed by atoms with Crippen LogP contribution in [0.15, 0.2) is 45.1 Å². The second-order valence-electron chi connectivity index (χ2n) is 5.57. The second kappa shape index (κ2) is 7.35. The van der Waals surface area contributed by atoms with Crippen molar-refractivity contribution in [3.8, 4) is 0 Å². The Morgan fingerprint density at radius 1 is 1.12 bits per heavy atom. The number of thiophene rings is 1. The van der Waals surface area contributed by atoms with E-state index in [-0.39, 0.29) is 10.8 Å². The Morgan fingerprint density at radius 3 is 2.46 bits per heavy atom. The SMILES string of the molecule is O=C(Nc1ccc(Br)cc1)c1cc(S(=O)(=O)N2CCCCC2)cs1. The summed E-state index contributed by atoms with van der Waals surface area (Å²) in [5.74, 6) is -0.303. The first-order valence-electron chi connectivity index (χ1n) is 7.62. The first-order valence-corrected chi connectivity index (χ1v) is 10.7. The molecule has 1 saturated heterocycles. The zero-order chi connectivity index (χ0) is 17.2. The molecule has 0 spiro atoms. The van der Waals surface area contributed by atoms with Gasteiger partial charge < -0.3 is 5.32 Å². The van der Waals surface area contributed by atoms with Crippen molar-refractivity contribution in [3.63, 3.8) is 0 Å². The average molecular weight is 429 g/mol. The highest BCUT2D eigenvalue weighted by molar-refractivity contribution is 9.10. The van der Waals surface area contributed by atoms with Gasteiger partial charge in [-0.15, -0.1) is 11.3 Å². The van der Waals surface area contributed by atoms with Crippen LogP contribution >= 0.6 is 27.3 Å². The molecule has 2 heterocycles. The van der Waals surface area contributed by atoms with Gasteiger partial charge in [0.05, 0.1) is 9.77 Å². The number of benzene rings is 1. The van der Waals surface area contributed by atoms with Gasteiger partial charge in [-0.05, 0) is 43.2 Å². The molecule has 1 fully saturated rings. The molecule has 1 aliphatic heterocycles. The summed E-state index contributed by atoms with van der Waals surface area (Å²) >= 11 is 4.48. The Morgan fingerprint density at radius 2 is 1.79 bits per heavy atom. The average Bonchev–Trinajstić information content (AvgIpc) is 3.09. The van der Waals surface area contributed by atoms with Crippen molar-refractivity contribution in [1.29, 1.82) is 0 Å². The Hall–Kier alpha value is -1.22. The van der Waals surface area contributed by atoms with Crippen molar-refractivity contribution in [3.05, 3.63) is 45.1 Å². The van der Waals surface area contributed by atoms with Gasteiger partial charge in [-0.1, -0.05) is 22.4 Å². The van der Waals surface area contributed by atoms with Crippen molar-refractivity contribution in [2.45, 2.75) is 24.2 Å². The minimum atomic E-state index is -3.50. The van der Waals surface area contributed by atoms with Gasteiger partial charge in [0.15, 0.2) is 0 Å². The van der Waals surface area contributed by atoms with E-state index in [2.05, 4.69) is 21.2 Å². The summed E-state index contributed by atoms with van der Waals surface area (Å²) in [5.41, 5.74) is 0.664. The van der Waals surface area contributed by atoms with Crippen molar-refractivity contribution in [2.24, 2.45) is 0 Å². The highest BCUT2D eigenvalue weighted by Crippen LogP contribution is 2.26. The van der Waals surface area contributed by atoms with Crippen molar-refractivity contribution in [2.75, 3.05) is 18.4 Å². The fraction of sp³-hybridized carbons (Fsp3) is 0.312.